The summed E-state index contributed by atoms with van der Waals surface area (Å²) >= 11 is 0. The fourth-order valence-electron chi connectivity index (χ4n) is 8.12. The Kier molecular flexibility index (Phi) is 7.42. The SMILES string of the molecule is c1ccc(-c2nc(-c3ccccc3)nc(-c3ccc4c(c3)oc3c(-c5ccccc5-c5cccc6c7ccccc7n(-c7ccccc7)c56)cccc34)n2)cc1. The lowest BCUT2D eigenvalue weighted by molar-refractivity contribution is 0.670. The summed E-state index contributed by atoms with van der Waals surface area (Å²) in [6, 6.07) is 67.4. The molecular weight excluding hydrogens is 685 g/mol. The van der Waals surface area contributed by atoms with E-state index >= 15 is 0 Å². The third kappa shape index (κ3) is 5.21. The van der Waals surface area contributed by atoms with Gasteiger partial charge in [0.25, 0.3) is 0 Å². The first-order valence-electron chi connectivity index (χ1n) is 18.8. The molecule has 8 aromatic carbocycles. The van der Waals surface area contributed by atoms with Gasteiger partial charge in [-0.1, -0.05) is 164 Å². The Labute approximate surface area is 322 Å². The van der Waals surface area contributed by atoms with E-state index in [1.807, 2.05) is 60.7 Å². The highest BCUT2D eigenvalue weighted by molar-refractivity contribution is 6.16. The molecule has 5 nitrogen and oxygen atoms in total. The largest absolute Gasteiger partial charge is 0.455 e. The maximum atomic E-state index is 6.87. The van der Waals surface area contributed by atoms with Gasteiger partial charge in [0, 0.05) is 55.0 Å². The first-order chi connectivity index (χ1) is 27.8. The Hall–Kier alpha value is -7.63. The maximum Gasteiger partial charge on any atom is 0.164 e. The van der Waals surface area contributed by atoms with Crippen molar-refractivity contribution in [2.45, 2.75) is 0 Å². The minimum atomic E-state index is 0.590. The van der Waals surface area contributed by atoms with Crippen LogP contribution >= 0.6 is 0 Å². The molecular formula is C51H32N4O. The third-order valence-corrected chi connectivity index (χ3v) is 10.7. The number of hydrogen-bond acceptors (Lipinski definition) is 4. The molecule has 262 valence electrons. The van der Waals surface area contributed by atoms with Gasteiger partial charge in [-0.05, 0) is 41.5 Å². The molecule has 5 heteroatoms. The molecule has 3 heterocycles. The van der Waals surface area contributed by atoms with Gasteiger partial charge in [-0.3, -0.25) is 0 Å². The van der Waals surface area contributed by atoms with Crippen LogP contribution in [0.4, 0.5) is 0 Å². The summed E-state index contributed by atoms with van der Waals surface area (Å²) in [6.07, 6.45) is 0. The molecule has 0 spiro atoms. The van der Waals surface area contributed by atoms with Crippen molar-refractivity contribution in [2.24, 2.45) is 0 Å². The van der Waals surface area contributed by atoms with Crippen LogP contribution in [0.5, 0.6) is 0 Å². The van der Waals surface area contributed by atoms with Crippen molar-refractivity contribution in [2.75, 3.05) is 0 Å². The average molecular weight is 717 g/mol. The van der Waals surface area contributed by atoms with Gasteiger partial charge in [-0.25, -0.2) is 15.0 Å². The lowest BCUT2D eigenvalue weighted by Crippen LogP contribution is -2.00. The van der Waals surface area contributed by atoms with Crippen LogP contribution in [0.2, 0.25) is 0 Å². The van der Waals surface area contributed by atoms with Crippen molar-refractivity contribution in [1.82, 2.24) is 19.5 Å². The van der Waals surface area contributed by atoms with Crippen LogP contribution in [0.15, 0.2) is 199 Å². The predicted molar refractivity (Wildman–Crippen MR) is 229 cm³/mol. The molecule has 0 saturated carbocycles. The molecule has 0 fully saturated rings. The number of nitrogens with zero attached hydrogens (tertiary/aromatic N) is 4. The maximum absolute atomic E-state index is 6.87. The van der Waals surface area contributed by atoms with E-state index in [0.29, 0.717) is 17.5 Å². The van der Waals surface area contributed by atoms with Crippen LogP contribution < -0.4 is 0 Å². The predicted octanol–water partition coefficient (Wildman–Crippen LogP) is 13.2. The molecule has 11 aromatic rings. The number of furan rings is 1. The molecule has 11 rings (SSSR count). The highest BCUT2D eigenvalue weighted by Crippen LogP contribution is 2.44. The van der Waals surface area contributed by atoms with E-state index < -0.39 is 0 Å². The molecule has 0 bridgehead atoms. The highest BCUT2D eigenvalue weighted by atomic mass is 16.3. The Bertz CT molecular complexity index is 3180. The normalized spacial score (nSPS) is 11.6. The first kappa shape index (κ1) is 31.9. The zero-order valence-corrected chi connectivity index (χ0v) is 30.2. The summed E-state index contributed by atoms with van der Waals surface area (Å²) in [5.74, 6) is 1.84. The number of benzene rings is 8. The van der Waals surface area contributed by atoms with Gasteiger partial charge in [0.2, 0.25) is 0 Å². The second-order valence-corrected chi connectivity index (χ2v) is 14.0. The summed E-state index contributed by atoms with van der Waals surface area (Å²) < 4.78 is 9.27. The van der Waals surface area contributed by atoms with E-state index in [0.717, 1.165) is 66.6 Å². The fourth-order valence-corrected chi connectivity index (χ4v) is 8.12. The molecule has 0 radical (unpaired) electrons. The number of rotatable bonds is 6. The second-order valence-electron chi connectivity index (χ2n) is 14.0. The summed E-state index contributed by atoms with van der Waals surface area (Å²) in [4.78, 5) is 14.8. The van der Waals surface area contributed by atoms with E-state index in [4.69, 9.17) is 19.4 Å². The van der Waals surface area contributed by atoms with Crippen LogP contribution in [0.3, 0.4) is 0 Å². The molecule has 0 amide bonds. The van der Waals surface area contributed by atoms with E-state index in [1.54, 1.807) is 0 Å². The fraction of sp³-hybridized carbons (Fsp3) is 0. The van der Waals surface area contributed by atoms with E-state index in [-0.39, 0.29) is 0 Å². The van der Waals surface area contributed by atoms with Gasteiger partial charge in [-0.2, -0.15) is 0 Å². The van der Waals surface area contributed by atoms with Crippen molar-refractivity contribution < 1.29 is 4.42 Å². The van der Waals surface area contributed by atoms with Crippen molar-refractivity contribution in [3.05, 3.63) is 194 Å². The van der Waals surface area contributed by atoms with Crippen molar-refractivity contribution >= 4 is 43.7 Å². The molecule has 0 saturated heterocycles. The molecule has 0 atom stereocenters. The number of aromatic nitrogens is 4. The Morgan fingerprint density at radius 1 is 0.357 bits per heavy atom. The van der Waals surface area contributed by atoms with Gasteiger partial charge in [-0.15, -0.1) is 0 Å². The summed E-state index contributed by atoms with van der Waals surface area (Å²) in [5.41, 5.74) is 12.3. The third-order valence-electron chi connectivity index (χ3n) is 10.7. The van der Waals surface area contributed by atoms with Crippen molar-refractivity contribution in [3.63, 3.8) is 0 Å². The smallest absolute Gasteiger partial charge is 0.164 e. The van der Waals surface area contributed by atoms with E-state index in [2.05, 4.69) is 138 Å². The second kappa shape index (κ2) is 13.0. The van der Waals surface area contributed by atoms with Gasteiger partial charge < -0.3 is 8.98 Å². The van der Waals surface area contributed by atoms with Gasteiger partial charge in [0.1, 0.15) is 11.2 Å². The van der Waals surface area contributed by atoms with Crippen molar-refractivity contribution in [1.29, 1.82) is 0 Å². The van der Waals surface area contributed by atoms with Crippen LogP contribution in [0.25, 0.3) is 106 Å². The van der Waals surface area contributed by atoms with Crippen LogP contribution in [0.1, 0.15) is 0 Å². The lowest BCUT2D eigenvalue weighted by Gasteiger charge is -2.15. The number of para-hydroxylation sites is 4. The van der Waals surface area contributed by atoms with Crippen LogP contribution in [-0.2, 0) is 0 Å². The topological polar surface area (TPSA) is 56.7 Å². The summed E-state index contributed by atoms with van der Waals surface area (Å²) in [6.45, 7) is 0. The minimum Gasteiger partial charge on any atom is -0.455 e. The molecule has 0 aliphatic rings. The van der Waals surface area contributed by atoms with E-state index in [1.165, 1.54) is 21.8 Å². The molecule has 0 aliphatic carbocycles. The first-order valence-corrected chi connectivity index (χ1v) is 18.8. The summed E-state index contributed by atoms with van der Waals surface area (Å²) in [7, 11) is 0. The minimum absolute atomic E-state index is 0.590. The standard InChI is InChI=1S/C51H32N4O/c1-4-16-33(17-5-1)49-52-50(34-18-6-2-7-19-34)54-51(53-49)35-30-31-40-44-28-15-27-43(48(44)56-46(40)32-35)38-23-11-10-22-37(38)41-25-14-26-42-39-24-12-13-29-45(39)55(47(41)42)36-20-8-3-9-21-36/h1-32H. The van der Waals surface area contributed by atoms with E-state index in [9.17, 15) is 0 Å². The molecule has 0 N–H and O–H groups in total. The summed E-state index contributed by atoms with van der Waals surface area (Å²) in [5, 5.41) is 4.54. The monoisotopic (exact) mass is 716 g/mol. The highest BCUT2D eigenvalue weighted by Gasteiger charge is 2.21. The zero-order valence-electron chi connectivity index (χ0n) is 30.2. The quantitative estimate of drug-likeness (QED) is 0.172. The van der Waals surface area contributed by atoms with Crippen molar-refractivity contribution in [3.8, 4) is 62.1 Å². The molecule has 0 aliphatic heterocycles. The Morgan fingerprint density at radius 2 is 0.875 bits per heavy atom. The Balaban J connectivity index is 1.09. The average Bonchev–Trinajstić information content (AvgIpc) is 3.83. The van der Waals surface area contributed by atoms with Crippen LogP contribution in [-0.4, -0.2) is 19.5 Å². The van der Waals surface area contributed by atoms with Gasteiger partial charge >= 0.3 is 0 Å². The van der Waals surface area contributed by atoms with Gasteiger partial charge in [0.05, 0.1) is 11.0 Å². The van der Waals surface area contributed by atoms with Gasteiger partial charge in [0.15, 0.2) is 17.5 Å². The lowest BCUT2D eigenvalue weighted by atomic mass is 9.92. The zero-order chi connectivity index (χ0) is 37.0. The number of hydrogen-bond donors (Lipinski definition) is 0. The molecule has 0 unspecified atom stereocenters. The molecule has 56 heavy (non-hydrogen) atoms. The number of fused-ring (bicyclic) bond motifs is 6. The van der Waals surface area contributed by atoms with Crippen LogP contribution in [0, 0.1) is 0 Å². The Morgan fingerprint density at radius 3 is 1.57 bits per heavy atom. The molecule has 3 aromatic heterocycles.